The number of ether oxygens (including phenoxy) is 2. The van der Waals surface area contributed by atoms with Crippen molar-refractivity contribution in [1.82, 2.24) is 9.88 Å². The average Bonchev–Trinajstić information content (AvgIpc) is 2.83. The summed E-state index contributed by atoms with van der Waals surface area (Å²) in [4.78, 5) is 37.7. The van der Waals surface area contributed by atoms with Crippen LogP contribution in [0, 0.1) is 0 Å². The van der Waals surface area contributed by atoms with Gasteiger partial charge in [-0.25, -0.2) is 0 Å². The molecule has 1 aromatic heterocycles. The van der Waals surface area contributed by atoms with Crippen LogP contribution in [0.25, 0.3) is 10.9 Å². The predicted octanol–water partition coefficient (Wildman–Crippen LogP) is 2.83. The molecule has 35 heavy (non-hydrogen) atoms. The molecule has 0 radical (unpaired) electrons. The Hall–Kier alpha value is -3.11. The third-order valence-electron chi connectivity index (χ3n) is 5.98. The van der Waals surface area contributed by atoms with Gasteiger partial charge in [-0.15, -0.1) is 0 Å². The van der Waals surface area contributed by atoms with Crippen molar-refractivity contribution in [3.8, 4) is 5.75 Å². The van der Waals surface area contributed by atoms with Crippen LogP contribution in [0.15, 0.2) is 16.9 Å². The SMILES string of the molecule is CCOc1cc(CN2CCOCC2)cc2[nH]c(=O)c3c(c12)NCCC3.O=C(O)CCCCC(=O)O. The van der Waals surface area contributed by atoms with E-state index >= 15 is 0 Å². The Labute approximate surface area is 204 Å². The van der Waals surface area contributed by atoms with E-state index in [1.54, 1.807) is 0 Å². The standard InChI is InChI=1S/C19H25N3O3.C6H10O4/c1-2-25-16-11-13(12-22-6-8-24-9-7-22)10-15-17(16)18-14(19(23)21-15)4-3-5-20-18;7-5(8)3-1-2-4-6(9)10/h10-11,20H,2-9,12H2,1H3,(H,21,23);1-4H2,(H,7,8)(H,9,10). The predicted molar refractivity (Wildman–Crippen MR) is 132 cm³/mol. The molecule has 2 aliphatic heterocycles. The number of pyridine rings is 1. The summed E-state index contributed by atoms with van der Waals surface area (Å²) in [6.45, 7) is 7.75. The third kappa shape index (κ3) is 7.69. The lowest BCUT2D eigenvalue weighted by Crippen LogP contribution is -2.35. The Kier molecular flexibility index (Phi) is 9.92. The number of H-pyrrole nitrogens is 1. The fourth-order valence-electron chi connectivity index (χ4n) is 4.33. The molecule has 10 nitrogen and oxygen atoms in total. The largest absolute Gasteiger partial charge is 0.493 e. The minimum absolute atomic E-state index is 0.0145. The number of nitrogens with one attached hydrogen (secondary N) is 2. The van der Waals surface area contributed by atoms with E-state index in [9.17, 15) is 14.4 Å². The number of rotatable bonds is 9. The molecule has 10 heteroatoms. The number of aromatic amines is 1. The number of fused-ring (bicyclic) bond motifs is 3. The summed E-state index contributed by atoms with van der Waals surface area (Å²) in [6, 6.07) is 4.21. The molecule has 3 heterocycles. The van der Waals surface area contributed by atoms with Crippen LogP contribution in [0.2, 0.25) is 0 Å². The second-order valence-electron chi connectivity index (χ2n) is 8.67. The highest BCUT2D eigenvalue weighted by Gasteiger charge is 2.20. The van der Waals surface area contributed by atoms with Gasteiger partial charge in [0.15, 0.2) is 0 Å². The number of carbonyl (C=O) groups is 2. The minimum Gasteiger partial charge on any atom is -0.493 e. The molecule has 0 saturated carbocycles. The van der Waals surface area contributed by atoms with Gasteiger partial charge in [-0.05, 0) is 50.3 Å². The van der Waals surface area contributed by atoms with Crippen LogP contribution in [-0.4, -0.2) is 71.5 Å². The zero-order chi connectivity index (χ0) is 25.2. The van der Waals surface area contributed by atoms with Crippen molar-refractivity contribution in [1.29, 1.82) is 0 Å². The monoisotopic (exact) mass is 489 g/mol. The maximum Gasteiger partial charge on any atom is 0.303 e. The fourth-order valence-corrected chi connectivity index (χ4v) is 4.33. The molecule has 1 fully saturated rings. The first-order valence-corrected chi connectivity index (χ1v) is 12.2. The number of nitrogens with zero attached hydrogens (tertiary/aromatic N) is 1. The molecule has 4 N–H and O–H groups in total. The Balaban J connectivity index is 0.000000292. The molecule has 1 saturated heterocycles. The number of benzene rings is 1. The molecule has 4 rings (SSSR count). The van der Waals surface area contributed by atoms with E-state index in [2.05, 4.69) is 27.3 Å². The van der Waals surface area contributed by atoms with Crippen LogP contribution < -0.4 is 15.6 Å². The van der Waals surface area contributed by atoms with Gasteiger partial charge in [-0.1, -0.05) is 0 Å². The van der Waals surface area contributed by atoms with E-state index in [0.29, 0.717) is 19.4 Å². The molecule has 0 unspecified atom stereocenters. The van der Waals surface area contributed by atoms with Crippen molar-refractivity contribution in [2.75, 3.05) is 44.8 Å². The number of aromatic nitrogens is 1. The van der Waals surface area contributed by atoms with Gasteiger partial charge in [-0.3, -0.25) is 19.3 Å². The Morgan fingerprint density at radius 2 is 1.80 bits per heavy atom. The fraction of sp³-hybridized carbons (Fsp3) is 0.560. The number of hydrogen-bond acceptors (Lipinski definition) is 7. The van der Waals surface area contributed by atoms with Crippen LogP contribution in [0.5, 0.6) is 5.75 Å². The summed E-state index contributed by atoms with van der Waals surface area (Å²) in [5.41, 5.74) is 3.82. The van der Waals surface area contributed by atoms with Crippen molar-refractivity contribution < 1.29 is 29.3 Å². The Morgan fingerprint density at radius 1 is 1.11 bits per heavy atom. The number of hydrogen-bond donors (Lipinski definition) is 4. The second-order valence-corrected chi connectivity index (χ2v) is 8.67. The molecule has 0 spiro atoms. The lowest BCUT2D eigenvalue weighted by molar-refractivity contribution is -0.139. The van der Waals surface area contributed by atoms with E-state index < -0.39 is 11.9 Å². The first kappa shape index (κ1) is 26.5. The molecular weight excluding hydrogens is 454 g/mol. The van der Waals surface area contributed by atoms with Crippen LogP contribution in [-0.2, 0) is 27.3 Å². The summed E-state index contributed by atoms with van der Waals surface area (Å²) < 4.78 is 11.4. The second kappa shape index (κ2) is 13.1. The first-order chi connectivity index (χ1) is 16.9. The number of morpholine rings is 1. The highest BCUT2D eigenvalue weighted by molar-refractivity contribution is 5.98. The summed E-state index contributed by atoms with van der Waals surface area (Å²) in [7, 11) is 0. The average molecular weight is 490 g/mol. The molecule has 2 aromatic rings. The van der Waals surface area contributed by atoms with Crippen molar-refractivity contribution in [3.63, 3.8) is 0 Å². The maximum atomic E-state index is 12.5. The first-order valence-electron chi connectivity index (χ1n) is 12.2. The molecule has 0 bridgehead atoms. The normalized spacial score (nSPS) is 15.5. The molecule has 192 valence electrons. The topological polar surface area (TPSA) is 141 Å². The van der Waals surface area contributed by atoms with Gasteiger partial charge in [0.1, 0.15) is 5.75 Å². The van der Waals surface area contributed by atoms with E-state index in [4.69, 9.17) is 19.7 Å². The highest BCUT2D eigenvalue weighted by atomic mass is 16.5. The van der Waals surface area contributed by atoms with Crippen LogP contribution in [0.4, 0.5) is 5.69 Å². The van der Waals surface area contributed by atoms with E-state index in [1.165, 1.54) is 0 Å². The number of unbranched alkanes of at least 4 members (excludes halogenated alkanes) is 1. The quantitative estimate of drug-likeness (QED) is 0.391. The van der Waals surface area contributed by atoms with Crippen molar-refractivity contribution in [2.24, 2.45) is 0 Å². The number of carboxylic acid groups (broad SMARTS) is 2. The molecule has 1 aromatic carbocycles. The lowest BCUT2D eigenvalue weighted by Gasteiger charge is -2.27. The Morgan fingerprint density at radius 3 is 2.43 bits per heavy atom. The van der Waals surface area contributed by atoms with Crippen molar-refractivity contribution in [3.05, 3.63) is 33.6 Å². The molecule has 0 amide bonds. The van der Waals surface area contributed by atoms with Crippen LogP contribution in [0.3, 0.4) is 0 Å². The lowest BCUT2D eigenvalue weighted by atomic mass is 9.99. The van der Waals surface area contributed by atoms with Gasteiger partial charge in [0.25, 0.3) is 5.56 Å². The minimum atomic E-state index is -0.870. The summed E-state index contributed by atoms with van der Waals surface area (Å²) in [5.74, 6) is -0.888. The third-order valence-corrected chi connectivity index (χ3v) is 5.98. The zero-order valence-corrected chi connectivity index (χ0v) is 20.2. The number of aliphatic carboxylic acids is 2. The van der Waals surface area contributed by atoms with E-state index in [-0.39, 0.29) is 18.4 Å². The van der Waals surface area contributed by atoms with Gasteiger partial charge in [0.05, 0.1) is 36.4 Å². The molecular formula is C25H35N3O7. The Bertz CT molecular complexity index is 1060. The molecule has 0 aliphatic carbocycles. The number of anilines is 1. The van der Waals surface area contributed by atoms with Gasteiger partial charge < -0.3 is 30.0 Å². The molecule has 2 aliphatic rings. The maximum absolute atomic E-state index is 12.5. The van der Waals surface area contributed by atoms with Gasteiger partial charge in [0.2, 0.25) is 0 Å². The summed E-state index contributed by atoms with van der Waals surface area (Å²) in [6.07, 6.45) is 2.82. The summed E-state index contributed by atoms with van der Waals surface area (Å²) >= 11 is 0. The zero-order valence-electron chi connectivity index (χ0n) is 20.2. The van der Waals surface area contributed by atoms with Crippen LogP contribution >= 0.6 is 0 Å². The number of carboxylic acids is 2. The van der Waals surface area contributed by atoms with E-state index in [0.717, 1.165) is 85.7 Å². The smallest absolute Gasteiger partial charge is 0.303 e. The molecule has 0 atom stereocenters. The van der Waals surface area contributed by atoms with Crippen molar-refractivity contribution in [2.45, 2.75) is 52.0 Å². The van der Waals surface area contributed by atoms with Gasteiger partial charge in [-0.2, -0.15) is 0 Å². The van der Waals surface area contributed by atoms with Gasteiger partial charge >= 0.3 is 11.9 Å². The van der Waals surface area contributed by atoms with Crippen molar-refractivity contribution >= 4 is 28.5 Å². The highest BCUT2D eigenvalue weighted by Crippen LogP contribution is 2.36. The van der Waals surface area contributed by atoms with Gasteiger partial charge in [0, 0.05) is 44.6 Å². The van der Waals surface area contributed by atoms with E-state index in [1.807, 2.05) is 6.92 Å². The van der Waals surface area contributed by atoms with Crippen LogP contribution in [0.1, 0.15) is 50.2 Å². The summed E-state index contributed by atoms with van der Waals surface area (Å²) in [5, 5.41) is 20.7.